The number of furan rings is 1. The van der Waals surface area contributed by atoms with E-state index in [-0.39, 0.29) is 12.4 Å². The van der Waals surface area contributed by atoms with Crippen molar-refractivity contribution in [3.8, 4) is 0 Å². The highest BCUT2D eigenvalue weighted by molar-refractivity contribution is 5.11. The molecule has 0 saturated carbocycles. The molecular formula is C11H16F2N2O2. The van der Waals surface area contributed by atoms with Crippen molar-refractivity contribution in [1.29, 1.82) is 0 Å². The van der Waals surface area contributed by atoms with E-state index in [4.69, 9.17) is 9.52 Å². The fourth-order valence-corrected chi connectivity index (χ4v) is 2.06. The summed E-state index contributed by atoms with van der Waals surface area (Å²) in [4.78, 5) is 1.71. The van der Waals surface area contributed by atoms with Crippen LogP contribution in [0.4, 0.5) is 8.78 Å². The molecule has 1 aromatic heterocycles. The second-order valence-electron chi connectivity index (χ2n) is 4.03. The molecule has 1 saturated heterocycles. The minimum absolute atomic E-state index is 0.228. The molecule has 1 fully saturated rings. The van der Waals surface area contributed by atoms with Gasteiger partial charge in [-0.15, -0.1) is 0 Å². The number of hydrogen-bond donors (Lipinski definition) is 2. The van der Waals surface area contributed by atoms with Gasteiger partial charge in [-0.3, -0.25) is 4.90 Å². The second kappa shape index (κ2) is 5.57. The van der Waals surface area contributed by atoms with Gasteiger partial charge in [0, 0.05) is 26.2 Å². The van der Waals surface area contributed by atoms with Gasteiger partial charge in [-0.1, -0.05) is 0 Å². The van der Waals surface area contributed by atoms with Crippen LogP contribution in [0.5, 0.6) is 0 Å². The highest BCUT2D eigenvalue weighted by Crippen LogP contribution is 2.29. The average Bonchev–Trinajstić information content (AvgIpc) is 2.79. The van der Waals surface area contributed by atoms with Gasteiger partial charge in [0.05, 0.1) is 0 Å². The second-order valence-corrected chi connectivity index (χ2v) is 4.03. The van der Waals surface area contributed by atoms with Crippen LogP contribution in [-0.2, 0) is 6.61 Å². The highest BCUT2D eigenvalue weighted by Gasteiger charge is 2.32. The summed E-state index contributed by atoms with van der Waals surface area (Å²) in [5, 5.41) is 12.0. The Labute approximate surface area is 98.2 Å². The topological polar surface area (TPSA) is 48.6 Å². The van der Waals surface area contributed by atoms with Crippen molar-refractivity contribution in [2.75, 3.05) is 26.2 Å². The van der Waals surface area contributed by atoms with Gasteiger partial charge >= 0.3 is 0 Å². The number of aliphatic hydroxyl groups excluding tert-OH is 1. The van der Waals surface area contributed by atoms with E-state index in [1.165, 1.54) is 12.1 Å². The Kier molecular flexibility index (Phi) is 4.09. The number of nitrogens with one attached hydrogen (secondary N) is 1. The van der Waals surface area contributed by atoms with Crippen LogP contribution in [-0.4, -0.2) is 42.6 Å². The maximum Gasteiger partial charge on any atom is 0.261 e. The third kappa shape index (κ3) is 2.83. The van der Waals surface area contributed by atoms with E-state index in [2.05, 4.69) is 5.32 Å². The highest BCUT2D eigenvalue weighted by atomic mass is 19.3. The van der Waals surface area contributed by atoms with Gasteiger partial charge in [0.25, 0.3) is 6.43 Å². The lowest BCUT2D eigenvalue weighted by atomic mass is 10.1. The van der Waals surface area contributed by atoms with Gasteiger partial charge in [-0.2, -0.15) is 0 Å². The molecule has 1 atom stereocenters. The van der Waals surface area contributed by atoms with E-state index in [9.17, 15) is 8.78 Å². The molecule has 1 aromatic rings. The van der Waals surface area contributed by atoms with E-state index in [0.29, 0.717) is 31.9 Å². The first-order chi connectivity index (χ1) is 8.22. The third-order valence-corrected chi connectivity index (χ3v) is 2.91. The molecule has 0 aliphatic carbocycles. The standard InChI is InChI=1S/C11H16F2N2O2/c12-11(13)10(15-5-3-14-4-6-15)9-2-1-8(7-16)17-9/h1-2,10-11,14,16H,3-7H2/t10-/m0/s1. The fraction of sp³-hybridized carbons (Fsp3) is 0.636. The summed E-state index contributed by atoms with van der Waals surface area (Å²) in [5.74, 6) is 0.548. The van der Waals surface area contributed by atoms with Crippen LogP contribution in [0.25, 0.3) is 0 Å². The summed E-state index contributed by atoms with van der Waals surface area (Å²) >= 11 is 0. The summed E-state index contributed by atoms with van der Waals surface area (Å²) < 4.78 is 31.4. The molecule has 2 heterocycles. The monoisotopic (exact) mass is 246 g/mol. The Hall–Kier alpha value is -0.980. The molecule has 0 amide bonds. The fourth-order valence-electron chi connectivity index (χ4n) is 2.06. The summed E-state index contributed by atoms with van der Waals surface area (Å²) in [5.41, 5.74) is 0. The van der Waals surface area contributed by atoms with Crippen molar-refractivity contribution in [3.05, 3.63) is 23.7 Å². The molecule has 0 aromatic carbocycles. The Morgan fingerprint density at radius 3 is 2.59 bits per heavy atom. The van der Waals surface area contributed by atoms with Gasteiger partial charge in [0.15, 0.2) is 0 Å². The van der Waals surface area contributed by atoms with Gasteiger partial charge in [-0.25, -0.2) is 8.78 Å². The molecule has 0 spiro atoms. The molecular weight excluding hydrogens is 230 g/mol. The van der Waals surface area contributed by atoms with Crippen LogP contribution in [0.1, 0.15) is 17.6 Å². The van der Waals surface area contributed by atoms with E-state index >= 15 is 0 Å². The zero-order valence-electron chi connectivity index (χ0n) is 9.40. The van der Waals surface area contributed by atoms with E-state index in [1.807, 2.05) is 0 Å². The Balaban J connectivity index is 2.15. The number of piperazine rings is 1. The van der Waals surface area contributed by atoms with Crippen molar-refractivity contribution in [1.82, 2.24) is 10.2 Å². The molecule has 2 rings (SSSR count). The van der Waals surface area contributed by atoms with E-state index in [1.54, 1.807) is 4.90 Å². The normalized spacial score (nSPS) is 19.8. The average molecular weight is 246 g/mol. The van der Waals surface area contributed by atoms with Crippen LogP contribution in [0.3, 0.4) is 0 Å². The first kappa shape index (κ1) is 12.5. The minimum atomic E-state index is -2.49. The third-order valence-electron chi connectivity index (χ3n) is 2.91. The van der Waals surface area contributed by atoms with Crippen molar-refractivity contribution in [2.45, 2.75) is 19.1 Å². The quantitative estimate of drug-likeness (QED) is 0.831. The largest absolute Gasteiger partial charge is 0.462 e. The number of nitrogens with zero attached hydrogens (tertiary/aromatic N) is 1. The molecule has 0 radical (unpaired) electrons. The molecule has 96 valence electrons. The molecule has 4 nitrogen and oxygen atoms in total. The number of hydrogen-bond acceptors (Lipinski definition) is 4. The SMILES string of the molecule is OCc1ccc([C@@H](C(F)F)N2CCNCC2)o1. The molecule has 0 unspecified atom stereocenters. The lowest BCUT2D eigenvalue weighted by molar-refractivity contribution is 0.00641. The van der Waals surface area contributed by atoms with Gasteiger partial charge in [0.1, 0.15) is 24.2 Å². The number of halogens is 2. The first-order valence-electron chi connectivity index (χ1n) is 5.64. The van der Waals surface area contributed by atoms with Gasteiger partial charge in [-0.05, 0) is 12.1 Å². The van der Waals surface area contributed by atoms with Gasteiger partial charge < -0.3 is 14.8 Å². The lowest BCUT2D eigenvalue weighted by Crippen LogP contribution is -2.46. The van der Waals surface area contributed by atoms with Crippen molar-refractivity contribution < 1.29 is 18.3 Å². The van der Waals surface area contributed by atoms with Crippen LogP contribution in [0.15, 0.2) is 16.5 Å². The predicted octanol–water partition coefficient (Wildman–Crippen LogP) is 0.983. The zero-order chi connectivity index (χ0) is 12.3. The lowest BCUT2D eigenvalue weighted by Gasteiger charge is -2.33. The van der Waals surface area contributed by atoms with E-state index in [0.717, 1.165) is 0 Å². The summed E-state index contributed by atoms with van der Waals surface area (Å²) in [6.07, 6.45) is -2.49. The maximum absolute atomic E-state index is 13.1. The first-order valence-corrected chi connectivity index (χ1v) is 5.64. The Bertz CT molecular complexity index is 351. The van der Waals surface area contributed by atoms with Gasteiger partial charge in [0.2, 0.25) is 0 Å². The molecule has 1 aliphatic heterocycles. The summed E-state index contributed by atoms with van der Waals surface area (Å²) in [6, 6.07) is 2.04. The molecule has 1 aliphatic rings. The summed E-state index contributed by atoms with van der Waals surface area (Å²) in [7, 11) is 0. The van der Waals surface area contributed by atoms with Crippen molar-refractivity contribution in [3.63, 3.8) is 0 Å². The number of alkyl halides is 2. The number of aliphatic hydroxyl groups is 1. The van der Waals surface area contributed by atoms with Crippen molar-refractivity contribution in [2.24, 2.45) is 0 Å². The maximum atomic E-state index is 13.1. The predicted molar refractivity (Wildman–Crippen MR) is 57.8 cm³/mol. The minimum Gasteiger partial charge on any atom is -0.462 e. The smallest absolute Gasteiger partial charge is 0.261 e. The van der Waals surface area contributed by atoms with Crippen molar-refractivity contribution >= 4 is 0 Å². The van der Waals surface area contributed by atoms with Crippen LogP contribution in [0.2, 0.25) is 0 Å². The van der Waals surface area contributed by atoms with Crippen LogP contribution in [0, 0.1) is 0 Å². The Morgan fingerprint density at radius 2 is 2.06 bits per heavy atom. The zero-order valence-corrected chi connectivity index (χ0v) is 9.40. The molecule has 0 bridgehead atoms. The molecule has 17 heavy (non-hydrogen) atoms. The Morgan fingerprint density at radius 1 is 1.35 bits per heavy atom. The number of rotatable bonds is 4. The van der Waals surface area contributed by atoms with Crippen LogP contribution >= 0.6 is 0 Å². The molecule has 6 heteroatoms. The molecule has 2 N–H and O–H groups in total. The van der Waals surface area contributed by atoms with Crippen LogP contribution < -0.4 is 5.32 Å². The summed E-state index contributed by atoms with van der Waals surface area (Å²) in [6.45, 7) is 2.29. The van der Waals surface area contributed by atoms with E-state index < -0.39 is 12.5 Å².